The van der Waals surface area contributed by atoms with Gasteiger partial charge in [0.2, 0.25) is 0 Å². The van der Waals surface area contributed by atoms with E-state index >= 15 is 0 Å². The van der Waals surface area contributed by atoms with Crippen molar-refractivity contribution in [1.82, 2.24) is 4.90 Å². The van der Waals surface area contributed by atoms with Gasteiger partial charge in [-0.15, -0.1) is 0 Å². The summed E-state index contributed by atoms with van der Waals surface area (Å²) < 4.78 is 5.02. The monoisotopic (exact) mass is 200 g/mol. The third-order valence-electron chi connectivity index (χ3n) is 2.64. The molecule has 14 heavy (non-hydrogen) atoms. The van der Waals surface area contributed by atoms with Crippen molar-refractivity contribution in [1.29, 1.82) is 0 Å². The molecule has 2 N–H and O–H groups in total. The molecule has 4 nitrogen and oxygen atoms in total. The molecular formula is C10H20N2O2. The molecule has 0 amide bonds. The predicted molar refractivity (Wildman–Crippen MR) is 54.9 cm³/mol. The zero-order valence-corrected chi connectivity index (χ0v) is 9.03. The summed E-state index contributed by atoms with van der Waals surface area (Å²) >= 11 is 0. The second-order valence-electron chi connectivity index (χ2n) is 3.72. The van der Waals surface area contributed by atoms with Crippen LogP contribution in [0.15, 0.2) is 0 Å². The zero-order valence-electron chi connectivity index (χ0n) is 9.03. The van der Waals surface area contributed by atoms with E-state index in [-0.39, 0.29) is 18.1 Å². The Kier molecular flexibility index (Phi) is 4.35. The summed E-state index contributed by atoms with van der Waals surface area (Å²) in [5.74, 6) is -0.107. The van der Waals surface area contributed by atoms with Crippen LogP contribution in [0.3, 0.4) is 0 Å². The summed E-state index contributed by atoms with van der Waals surface area (Å²) in [6.07, 6.45) is 1.78. The van der Waals surface area contributed by atoms with E-state index in [0.717, 1.165) is 25.9 Å². The van der Waals surface area contributed by atoms with Gasteiger partial charge in [0.25, 0.3) is 0 Å². The van der Waals surface area contributed by atoms with Crippen LogP contribution < -0.4 is 5.73 Å². The molecule has 0 aliphatic carbocycles. The standard InChI is InChI=1S/C10H20N2O2/c1-3-9(10(13)14-4-2)12-6-5-8(11)7-12/h8-9H,3-7,11H2,1-2H3/t8-,9?/m0/s1. The first-order chi connectivity index (χ1) is 6.69. The van der Waals surface area contributed by atoms with Crippen LogP contribution in [0.5, 0.6) is 0 Å². The van der Waals surface area contributed by atoms with Crippen LogP contribution in [-0.4, -0.2) is 42.6 Å². The Morgan fingerprint density at radius 3 is 2.79 bits per heavy atom. The Balaban J connectivity index is 2.49. The van der Waals surface area contributed by atoms with Gasteiger partial charge in [0.1, 0.15) is 6.04 Å². The maximum Gasteiger partial charge on any atom is 0.323 e. The van der Waals surface area contributed by atoms with Crippen LogP contribution in [-0.2, 0) is 9.53 Å². The fraction of sp³-hybridized carbons (Fsp3) is 0.900. The molecule has 1 fully saturated rings. The first-order valence-corrected chi connectivity index (χ1v) is 5.35. The predicted octanol–water partition coefficient (Wildman–Crippen LogP) is 0.361. The van der Waals surface area contributed by atoms with Crippen molar-refractivity contribution in [3.05, 3.63) is 0 Å². The molecule has 0 aromatic heterocycles. The fourth-order valence-electron chi connectivity index (χ4n) is 1.91. The second kappa shape index (κ2) is 5.32. The van der Waals surface area contributed by atoms with Crippen molar-refractivity contribution in [2.24, 2.45) is 5.73 Å². The minimum atomic E-state index is -0.107. The highest BCUT2D eigenvalue weighted by molar-refractivity contribution is 5.75. The Bertz CT molecular complexity index is 197. The quantitative estimate of drug-likeness (QED) is 0.666. The van der Waals surface area contributed by atoms with Gasteiger partial charge in [0, 0.05) is 19.1 Å². The highest BCUT2D eigenvalue weighted by atomic mass is 16.5. The van der Waals surface area contributed by atoms with E-state index in [9.17, 15) is 4.79 Å². The molecule has 1 saturated heterocycles. The van der Waals surface area contributed by atoms with E-state index in [1.165, 1.54) is 0 Å². The number of hydrogen-bond donors (Lipinski definition) is 1. The van der Waals surface area contributed by atoms with Crippen LogP contribution in [0.25, 0.3) is 0 Å². The molecule has 82 valence electrons. The number of rotatable bonds is 4. The van der Waals surface area contributed by atoms with E-state index < -0.39 is 0 Å². The number of esters is 1. The molecule has 0 radical (unpaired) electrons. The van der Waals surface area contributed by atoms with Gasteiger partial charge in [-0.25, -0.2) is 0 Å². The van der Waals surface area contributed by atoms with Crippen molar-refractivity contribution in [2.45, 2.75) is 38.8 Å². The molecule has 0 aromatic carbocycles. The summed E-state index contributed by atoms with van der Waals surface area (Å²) in [5, 5.41) is 0. The first kappa shape index (κ1) is 11.5. The Hall–Kier alpha value is -0.610. The van der Waals surface area contributed by atoms with E-state index in [1.807, 2.05) is 13.8 Å². The summed E-state index contributed by atoms with van der Waals surface area (Å²) in [7, 11) is 0. The molecule has 4 heteroatoms. The maximum absolute atomic E-state index is 11.6. The Labute approximate surface area is 85.4 Å². The molecule has 1 aliphatic rings. The molecule has 2 atom stereocenters. The molecule has 1 aliphatic heterocycles. The van der Waals surface area contributed by atoms with Gasteiger partial charge in [-0.2, -0.15) is 0 Å². The molecule has 1 heterocycles. The maximum atomic E-state index is 11.6. The largest absolute Gasteiger partial charge is 0.465 e. The van der Waals surface area contributed by atoms with Gasteiger partial charge in [0.15, 0.2) is 0 Å². The normalized spacial score (nSPS) is 24.9. The molecule has 0 spiro atoms. The lowest BCUT2D eigenvalue weighted by Crippen LogP contribution is -2.41. The van der Waals surface area contributed by atoms with Crippen LogP contribution in [0.2, 0.25) is 0 Å². The topological polar surface area (TPSA) is 55.6 Å². The zero-order chi connectivity index (χ0) is 10.6. The molecule has 0 bridgehead atoms. The minimum Gasteiger partial charge on any atom is -0.465 e. The first-order valence-electron chi connectivity index (χ1n) is 5.35. The lowest BCUT2D eigenvalue weighted by molar-refractivity contribution is -0.149. The number of likely N-dealkylation sites (tertiary alicyclic amines) is 1. The van der Waals surface area contributed by atoms with Crippen LogP contribution in [0.4, 0.5) is 0 Å². The van der Waals surface area contributed by atoms with Gasteiger partial charge < -0.3 is 10.5 Å². The molecule has 1 rings (SSSR count). The minimum absolute atomic E-state index is 0.0940. The van der Waals surface area contributed by atoms with Crippen molar-refractivity contribution >= 4 is 5.97 Å². The third-order valence-corrected chi connectivity index (χ3v) is 2.64. The Morgan fingerprint density at radius 2 is 2.36 bits per heavy atom. The number of nitrogens with two attached hydrogens (primary N) is 1. The van der Waals surface area contributed by atoms with E-state index in [1.54, 1.807) is 0 Å². The summed E-state index contributed by atoms with van der Waals surface area (Å²) in [5.41, 5.74) is 5.80. The highest BCUT2D eigenvalue weighted by Crippen LogP contribution is 2.14. The third kappa shape index (κ3) is 2.69. The fourth-order valence-corrected chi connectivity index (χ4v) is 1.91. The van der Waals surface area contributed by atoms with Gasteiger partial charge in [-0.1, -0.05) is 6.92 Å². The summed E-state index contributed by atoms with van der Waals surface area (Å²) in [4.78, 5) is 13.7. The number of nitrogens with zero attached hydrogens (tertiary/aromatic N) is 1. The number of carbonyl (C=O) groups is 1. The van der Waals surface area contributed by atoms with Crippen LogP contribution in [0, 0.1) is 0 Å². The van der Waals surface area contributed by atoms with Gasteiger partial charge >= 0.3 is 5.97 Å². The van der Waals surface area contributed by atoms with Gasteiger partial charge in [0.05, 0.1) is 6.61 Å². The Morgan fingerprint density at radius 1 is 1.64 bits per heavy atom. The average molecular weight is 200 g/mol. The molecular weight excluding hydrogens is 180 g/mol. The molecule has 0 aromatic rings. The summed E-state index contributed by atoms with van der Waals surface area (Å²) in [6, 6.07) is 0.127. The molecule has 1 unspecified atom stereocenters. The lowest BCUT2D eigenvalue weighted by Gasteiger charge is -2.24. The average Bonchev–Trinajstić information content (AvgIpc) is 2.54. The van der Waals surface area contributed by atoms with E-state index in [4.69, 9.17) is 10.5 Å². The van der Waals surface area contributed by atoms with Crippen LogP contribution in [0.1, 0.15) is 26.7 Å². The van der Waals surface area contributed by atoms with Crippen molar-refractivity contribution < 1.29 is 9.53 Å². The van der Waals surface area contributed by atoms with Crippen molar-refractivity contribution in [3.8, 4) is 0 Å². The summed E-state index contributed by atoms with van der Waals surface area (Å²) in [6.45, 7) is 6.02. The second-order valence-corrected chi connectivity index (χ2v) is 3.72. The van der Waals surface area contributed by atoms with Crippen molar-refractivity contribution in [2.75, 3.05) is 19.7 Å². The van der Waals surface area contributed by atoms with Crippen molar-refractivity contribution in [3.63, 3.8) is 0 Å². The van der Waals surface area contributed by atoms with Crippen LogP contribution >= 0.6 is 0 Å². The van der Waals surface area contributed by atoms with Gasteiger partial charge in [-0.05, 0) is 19.8 Å². The van der Waals surface area contributed by atoms with E-state index in [0.29, 0.717) is 6.61 Å². The highest BCUT2D eigenvalue weighted by Gasteiger charge is 2.30. The smallest absolute Gasteiger partial charge is 0.323 e. The number of carbonyl (C=O) groups excluding carboxylic acids is 1. The SMILES string of the molecule is CCOC(=O)C(CC)N1CC[C@H](N)C1. The van der Waals surface area contributed by atoms with Gasteiger partial charge in [-0.3, -0.25) is 9.69 Å². The molecule has 0 saturated carbocycles. The lowest BCUT2D eigenvalue weighted by atomic mass is 10.2. The number of hydrogen-bond acceptors (Lipinski definition) is 4. The van der Waals surface area contributed by atoms with E-state index in [2.05, 4.69) is 4.90 Å². The number of ether oxygens (including phenoxy) is 1.